The number of nitrogens with zero attached hydrogens (tertiary/aromatic N) is 4. The summed E-state index contributed by atoms with van der Waals surface area (Å²) in [7, 11) is 0. The van der Waals surface area contributed by atoms with Crippen molar-refractivity contribution in [3.8, 4) is 12.3 Å². The van der Waals surface area contributed by atoms with E-state index in [0.717, 1.165) is 58.7 Å². The minimum Gasteiger partial charge on any atom is -0.356 e. The van der Waals surface area contributed by atoms with E-state index in [1.807, 2.05) is 0 Å². The molecule has 0 bridgehead atoms. The highest BCUT2D eigenvalue weighted by atomic mass is 16.1. The Labute approximate surface area is 168 Å². The zero-order valence-corrected chi connectivity index (χ0v) is 16.6. The maximum atomic E-state index is 12.0. The average Bonchev–Trinajstić information content (AvgIpc) is 3.50. The molecule has 1 aromatic carbocycles. The fourth-order valence-electron chi connectivity index (χ4n) is 3.61. The summed E-state index contributed by atoms with van der Waals surface area (Å²) in [4.78, 5) is 17.0. The van der Waals surface area contributed by atoms with Gasteiger partial charge in [-0.3, -0.25) is 9.69 Å². The van der Waals surface area contributed by atoms with Crippen molar-refractivity contribution in [1.82, 2.24) is 15.1 Å². The molecule has 3 rings (SSSR count). The summed E-state index contributed by atoms with van der Waals surface area (Å²) in [6.07, 6.45) is 8.83. The SMILES string of the molecule is C#CCCC1(CCC(=O)NCCCN2CCN(Cc3ccccc3)CC2)N=N1. The number of terminal acetylenes is 1. The minimum absolute atomic E-state index is 0.0880. The second-order valence-electron chi connectivity index (χ2n) is 7.69. The van der Waals surface area contributed by atoms with Crippen LogP contribution < -0.4 is 5.32 Å². The van der Waals surface area contributed by atoms with Gasteiger partial charge < -0.3 is 10.2 Å². The molecule has 1 fully saturated rings. The van der Waals surface area contributed by atoms with Gasteiger partial charge in [0.15, 0.2) is 5.66 Å². The van der Waals surface area contributed by atoms with Crippen LogP contribution in [0.5, 0.6) is 0 Å². The lowest BCUT2D eigenvalue weighted by Gasteiger charge is -2.34. The third-order valence-electron chi connectivity index (χ3n) is 5.49. The smallest absolute Gasteiger partial charge is 0.220 e. The topological polar surface area (TPSA) is 60.3 Å². The van der Waals surface area contributed by atoms with Crippen LogP contribution >= 0.6 is 0 Å². The Morgan fingerprint density at radius 3 is 2.50 bits per heavy atom. The zero-order valence-electron chi connectivity index (χ0n) is 16.6. The van der Waals surface area contributed by atoms with Gasteiger partial charge in [-0.1, -0.05) is 30.3 Å². The molecule has 0 atom stereocenters. The largest absolute Gasteiger partial charge is 0.356 e. The van der Waals surface area contributed by atoms with Gasteiger partial charge in [-0.25, -0.2) is 0 Å². The van der Waals surface area contributed by atoms with Crippen LogP contribution in [0.3, 0.4) is 0 Å². The lowest BCUT2D eigenvalue weighted by atomic mass is 10.0. The Morgan fingerprint density at radius 1 is 1.11 bits per heavy atom. The monoisotopic (exact) mass is 381 g/mol. The van der Waals surface area contributed by atoms with E-state index in [1.54, 1.807) is 0 Å². The Balaban J connectivity index is 1.21. The van der Waals surface area contributed by atoms with Gasteiger partial charge in [0.05, 0.1) is 0 Å². The highest BCUT2D eigenvalue weighted by molar-refractivity contribution is 5.75. The predicted molar refractivity (Wildman–Crippen MR) is 111 cm³/mol. The van der Waals surface area contributed by atoms with Gasteiger partial charge in [-0.2, -0.15) is 10.2 Å². The van der Waals surface area contributed by atoms with Crippen molar-refractivity contribution in [2.75, 3.05) is 39.3 Å². The summed E-state index contributed by atoms with van der Waals surface area (Å²) < 4.78 is 0. The number of benzene rings is 1. The van der Waals surface area contributed by atoms with Crippen molar-refractivity contribution in [2.45, 2.75) is 44.3 Å². The van der Waals surface area contributed by atoms with Crippen LogP contribution in [0, 0.1) is 12.3 Å². The second kappa shape index (κ2) is 10.4. The third-order valence-corrected chi connectivity index (χ3v) is 5.49. The number of hydrogen-bond acceptors (Lipinski definition) is 5. The molecule has 0 spiro atoms. The molecule has 1 N–H and O–H groups in total. The first kappa shape index (κ1) is 20.5. The summed E-state index contributed by atoms with van der Waals surface area (Å²) >= 11 is 0. The van der Waals surface area contributed by atoms with Gasteiger partial charge in [0.1, 0.15) is 0 Å². The number of nitrogens with one attached hydrogen (secondary N) is 1. The fraction of sp³-hybridized carbons (Fsp3) is 0.591. The number of piperazine rings is 1. The van der Waals surface area contributed by atoms with Crippen molar-refractivity contribution >= 4 is 5.91 Å². The summed E-state index contributed by atoms with van der Waals surface area (Å²) in [5.41, 5.74) is 1.02. The van der Waals surface area contributed by atoms with Gasteiger partial charge >= 0.3 is 0 Å². The summed E-state index contributed by atoms with van der Waals surface area (Å²) in [6.45, 7) is 7.21. The standard InChI is InChI=1S/C22H31N5O/c1-2-3-11-22(24-25-22)12-10-21(28)23-13-7-14-26-15-17-27(18-16-26)19-20-8-5-4-6-9-20/h1,4-6,8-9H,3,7,10-19H2,(H,23,28). The van der Waals surface area contributed by atoms with Gasteiger partial charge in [-0.15, -0.1) is 12.3 Å². The van der Waals surface area contributed by atoms with Crippen molar-refractivity contribution in [3.63, 3.8) is 0 Å². The lowest BCUT2D eigenvalue weighted by molar-refractivity contribution is -0.121. The van der Waals surface area contributed by atoms with Crippen LogP contribution in [0.15, 0.2) is 40.6 Å². The van der Waals surface area contributed by atoms with Crippen molar-refractivity contribution in [1.29, 1.82) is 0 Å². The Hall–Kier alpha value is -2.23. The molecule has 28 heavy (non-hydrogen) atoms. The highest BCUT2D eigenvalue weighted by Crippen LogP contribution is 2.37. The molecule has 6 nitrogen and oxygen atoms in total. The van der Waals surface area contributed by atoms with E-state index in [0.29, 0.717) is 19.3 Å². The molecule has 0 aliphatic carbocycles. The number of carbonyl (C=O) groups excluding carboxylic acids is 1. The quantitative estimate of drug-likeness (QED) is 0.474. The summed E-state index contributed by atoms with van der Waals surface area (Å²) in [6, 6.07) is 10.7. The van der Waals surface area contributed by atoms with Gasteiger partial charge in [0.25, 0.3) is 0 Å². The lowest BCUT2D eigenvalue weighted by Crippen LogP contribution is -2.46. The number of amides is 1. The van der Waals surface area contributed by atoms with E-state index in [4.69, 9.17) is 6.42 Å². The fourth-order valence-corrected chi connectivity index (χ4v) is 3.61. The molecule has 0 unspecified atom stereocenters. The van der Waals surface area contributed by atoms with Crippen LogP contribution in [0.2, 0.25) is 0 Å². The van der Waals surface area contributed by atoms with Crippen LogP contribution in [0.1, 0.15) is 37.7 Å². The molecule has 1 aromatic rings. The van der Waals surface area contributed by atoms with Crippen molar-refractivity contribution in [2.24, 2.45) is 10.2 Å². The molecule has 1 amide bonds. The maximum absolute atomic E-state index is 12.0. The number of rotatable bonds is 11. The van der Waals surface area contributed by atoms with Crippen molar-refractivity contribution < 1.29 is 4.79 Å². The Bertz CT molecular complexity index is 683. The molecule has 1 saturated heterocycles. The molecular formula is C22H31N5O. The van der Waals surface area contributed by atoms with E-state index in [2.05, 4.69) is 61.6 Å². The molecule has 0 radical (unpaired) electrons. The normalized spacial score (nSPS) is 18.5. The molecule has 2 aliphatic heterocycles. The molecule has 0 aromatic heterocycles. The zero-order chi connectivity index (χ0) is 19.7. The summed E-state index contributed by atoms with van der Waals surface area (Å²) in [5, 5.41) is 11.2. The maximum Gasteiger partial charge on any atom is 0.220 e. The van der Waals surface area contributed by atoms with Gasteiger partial charge in [0, 0.05) is 65.0 Å². The summed E-state index contributed by atoms with van der Waals surface area (Å²) in [5.74, 6) is 2.70. The van der Waals surface area contributed by atoms with E-state index < -0.39 is 0 Å². The van der Waals surface area contributed by atoms with Crippen LogP contribution in [-0.2, 0) is 11.3 Å². The van der Waals surface area contributed by atoms with E-state index >= 15 is 0 Å². The average molecular weight is 382 g/mol. The first-order valence-electron chi connectivity index (χ1n) is 10.3. The van der Waals surface area contributed by atoms with E-state index in [-0.39, 0.29) is 11.6 Å². The van der Waals surface area contributed by atoms with Crippen molar-refractivity contribution in [3.05, 3.63) is 35.9 Å². The molecular weight excluding hydrogens is 350 g/mol. The highest BCUT2D eigenvalue weighted by Gasteiger charge is 2.39. The van der Waals surface area contributed by atoms with Crippen LogP contribution in [0.4, 0.5) is 0 Å². The predicted octanol–water partition coefficient (Wildman–Crippen LogP) is 2.67. The molecule has 2 aliphatic rings. The van der Waals surface area contributed by atoms with Crippen LogP contribution in [-0.4, -0.2) is 60.6 Å². The van der Waals surface area contributed by atoms with Gasteiger partial charge in [0.2, 0.25) is 5.91 Å². The number of carbonyl (C=O) groups is 1. The minimum atomic E-state index is -0.358. The molecule has 150 valence electrons. The first-order chi connectivity index (χ1) is 13.7. The molecule has 6 heteroatoms. The Kier molecular flexibility index (Phi) is 7.58. The van der Waals surface area contributed by atoms with Crippen LogP contribution in [0.25, 0.3) is 0 Å². The second-order valence-corrected chi connectivity index (χ2v) is 7.69. The Morgan fingerprint density at radius 2 is 1.82 bits per heavy atom. The molecule has 0 saturated carbocycles. The van der Waals surface area contributed by atoms with Gasteiger partial charge in [-0.05, 0) is 18.5 Å². The number of hydrogen-bond donors (Lipinski definition) is 1. The van der Waals surface area contributed by atoms with E-state index in [1.165, 1.54) is 5.56 Å². The van der Waals surface area contributed by atoms with E-state index in [9.17, 15) is 4.79 Å². The first-order valence-corrected chi connectivity index (χ1v) is 10.3. The third kappa shape index (κ3) is 6.74. The molecule has 2 heterocycles.